The Morgan fingerprint density at radius 1 is 1.27 bits per heavy atom. The van der Waals surface area contributed by atoms with E-state index >= 15 is 0 Å². The summed E-state index contributed by atoms with van der Waals surface area (Å²) in [6.45, 7) is 2.71. The third-order valence-electron chi connectivity index (χ3n) is 2.52. The highest BCUT2D eigenvalue weighted by atomic mass is 19.1. The third kappa shape index (κ3) is 1.51. The van der Waals surface area contributed by atoms with Crippen LogP contribution in [0.1, 0.15) is 5.69 Å². The molecule has 0 radical (unpaired) electrons. The molecule has 0 aliphatic rings. The molecule has 4 heteroatoms. The van der Waals surface area contributed by atoms with E-state index in [2.05, 4.69) is 0 Å². The monoisotopic (exact) mass is 210 g/mol. The SMILES string of the molecule is Cc1cc2c(F)ccc(F)c2n1CCN. The summed E-state index contributed by atoms with van der Waals surface area (Å²) >= 11 is 0. The molecular formula is C11H12F2N2. The van der Waals surface area contributed by atoms with Crippen LogP contribution in [0.25, 0.3) is 10.9 Å². The van der Waals surface area contributed by atoms with Gasteiger partial charge in [0.25, 0.3) is 0 Å². The zero-order valence-corrected chi connectivity index (χ0v) is 8.43. The topological polar surface area (TPSA) is 30.9 Å². The van der Waals surface area contributed by atoms with Gasteiger partial charge < -0.3 is 10.3 Å². The molecular weight excluding hydrogens is 198 g/mol. The Morgan fingerprint density at radius 2 is 1.93 bits per heavy atom. The minimum atomic E-state index is -0.409. The van der Waals surface area contributed by atoms with Crippen molar-refractivity contribution in [2.75, 3.05) is 6.54 Å². The second-order valence-electron chi connectivity index (χ2n) is 3.52. The van der Waals surface area contributed by atoms with Gasteiger partial charge in [-0.1, -0.05) is 0 Å². The Bertz CT molecular complexity index is 503. The second kappa shape index (κ2) is 3.62. The predicted molar refractivity (Wildman–Crippen MR) is 55.6 cm³/mol. The van der Waals surface area contributed by atoms with Crippen molar-refractivity contribution in [1.29, 1.82) is 0 Å². The van der Waals surface area contributed by atoms with E-state index in [-0.39, 0.29) is 0 Å². The zero-order chi connectivity index (χ0) is 11.0. The molecule has 0 spiro atoms. The first-order valence-electron chi connectivity index (χ1n) is 4.79. The maximum Gasteiger partial charge on any atom is 0.147 e. The van der Waals surface area contributed by atoms with Crippen LogP contribution in [0.3, 0.4) is 0 Å². The summed E-state index contributed by atoms with van der Waals surface area (Å²) in [6, 6.07) is 3.93. The van der Waals surface area contributed by atoms with Gasteiger partial charge in [0, 0.05) is 24.2 Å². The van der Waals surface area contributed by atoms with E-state index in [9.17, 15) is 8.78 Å². The van der Waals surface area contributed by atoms with Crippen molar-refractivity contribution in [2.45, 2.75) is 13.5 Å². The molecule has 0 bridgehead atoms. The molecule has 2 rings (SSSR count). The number of nitrogens with two attached hydrogens (primary N) is 1. The number of hydrogen-bond acceptors (Lipinski definition) is 1. The first kappa shape index (κ1) is 10.1. The first-order valence-corrected chi connectivity index (χ1v) is 4.79. The summed E-state index contributed by atoms with van der Waals surface area (Å²) in [5, 5.41) is 0.320. The first-order chi connectivity index (χ1) is 7.15. The van der Waals surface area contributed by atoms with Crippen LogP contribution in [0.4, 0.5) is 8.78 Å². The third-order valence-corrected chi connectivity index (χ3v) is 2.52. The van der Waals surface area contributed by atoms with Gasteiger partial charge in [-0.3, -0.25) is 0 Å². The molecule has 0 aliphatic carbocycles. The summed E-state index contributed by atoms with van der Waals surface area (Å²) < 4.78 is 28.6. The van der Waals surface area contributed by atoms with Crippen molar-refractivity contribution in [3.8, 4) is 0 Å². The lowest BCUT2D eigenvalue weighted by atomic mass is 10.2. The van der Waals surface area contributed by atoms with Crippen molar-refractivity contribution < 1.29 is 8.78 Å². The Morgan fingerprint density at radius 3 is 2.60 bits per heavy atom. The lowest BCUT2D eigenvalue weighted by Crippen LogP contribution is -2.11. The highest BCUT2D eigenvalue weighted by molar-refractivity contribution is 5.82. The molecule has 80 valence electrons. The quantitative estimate of drug-likeness (QED) is 0.809. The second-order valence-corrected chi connectivity index (χ2v) is 3.52. The summed E-state index contributed by atoms with van der Waals surface area (Å²) in [5.41, 5.74) is 6.55. The standard InChI is InChI=1S/C11H12F2N2/c1-7-6-8-9(12)2-3-10(13)11(8)15(7)5-4-14/h2-3,6H,4-5,14H2,1H3. The molecule has 1 heterocycles. The van der Waals surface area contributed by atoms with E-state index in [0.29, 0.717) is 24.0 Å². The van der Waals surface area contributed by atoms with Crippen molar-refractivity contribution in [3.05, 3.63) is 35.5 Å². The van der Waals surface area contributed by atoms with Crippen LogP contribution in [0.5, 0.6) is 0 Å². The number of rotatable bonds is 2. The molecule has 0 amide bonds. The van der Waals surface area contributed by atoms with Crippen LogP contribution in [-0.2, 0) is 6.54 Å². The molecule has 2 aromatic rings. The average Bonchev–Trinajstić information content (AvgIpc) is 2.53. The van der Waals surface area contributed by atoms with Crippen LogP contribution in [0.2, 0.25) is 0 Å². The fourth-order valence-corrected chi connectivity index (χ4v) is 1.85. The predicted octanol–water partition coefficient (Wildman–Crippen LogP) is 2.19. The van der Waals surface area contributed by atoms with E-state index in [0.717, 1.165) is 17.8 Å². The van der Waals surface area contributed by atoms with E-state index in [1.54, 1.807) is 10.6 Å². The number of fused-ring (bicyclic) bond motifs is 1. The number of aromatic nitrogens is 1. The maximum absolute atomic E-state index is 13.5. The fraction of sp³-hybridized carbons (Fsp3) is 0.273. The maximum atomic E-state index is 13.5. The lowest BCUT2D eigenvalue weighted by Gasteiger charge is -2.06. The molecule has 0 fully saturated rings. The van der Waals surface area contributed by atoms with Crippen molar-refractivity contribution in [3.63, 3.8) is 0 Å². The molecule has 0 atom stereocenters. The van der Waals surface area contributed by atoms with Crippen LogP contribution in [-0.4, -0.2) is 11.1 Å². The molecule has 0 saturated heterocycles. The van der Waals surface area contributed by atoms with Crippen LogP contribution >= 0.6 is 0 Å². The van der Waals surface area contributed by atoms with Gasteiger partial charge in [-0.15, -0.1) is 0 Å². The Balaban J connectivity index is 2.79. The zero-order valence-electron chi connectivity index (χ0n) is 8.43. The van der Waals surface area contributed by atoms with Gasteiger partial charge in [0.05, 0.1) is 5.52 Å². The number of aryl methyl sites for hydroxylation is 1. The lowest BCUT2D eigenvalue weighted by molar-refractivity contribution is 0.605. The van der Waals surface area contributed by atoms with Crippen LogP contribution in [0.15, 0.2) is 18.2 Å². The van der Waals surface area contributed by atoms with Crippen LogP contribution in [0, 0.1) is 18.6 Å². The molecule has 1 aromatic carbocycles. The van der Waals surface area contributed by atoms with Gasteiger partial charge in [0.2, 0.25) is 0 Å². The summed E-state index contributed by atoms with van der Waals surface area (Å²) in [7, 11) is 0. The number of halogens is 2. The number of hydrogen-bond donors (Lipinski definition) is 1. The van der Waals surface area contributed by atoms with E-state index < -0.39 is 11.6 Å². The molecule has 15 heavy (non-hydrogen) atoms. The smallest absolute Gasteiger partial charge is 0.147 e. The average molecular weight is 210 g/mol. The van der Waals surface area contributed by atoms with Gasteiger partial charge in [0.15, 0.2) is 0 Å². The van der Waals surface area contributed by atoms with E-state index in [1.807, 2.05) is 6.92 Å². The Kier molecular flexibility index (Phi) is 2.44. The van der Waals surface area contributed by atoms with Crippen molar-refractivity contribution in [1.82, 2.24) is 4.57 Å². The normalized spacial score (nSPS) is 11.2. The van der Waals surface area contributed by atoms with E-state index in [1.165, 1.54) is 0 Å². The molecule has 1 aromatic heterocycles. The van der Waals surface area contributed by atoms with Crippen molar-refractivity contribution in [2.24, 2.45) is 5.73 Å². The highest BCUT2D eigenvalue weighted by Crippen LogP contribution is 2.24. The summed E-state index contributed by atoms with van der Waals surface area (Å²) in [4.78, 5) is 0. The van der Waals surface area contributed by atoms with Gasteiger partial charge in [-0.2, -0.15) is 0 Å². The van der Waals surface area contributed by atoms with Gasteiger partial charge in [-0.25, -0.2) is 8.78 Å². The van der Waals surface area contributed by atoms with E-state index in [4.69, 9.17) is 5.73 Å². The Labute approximate surface area is 86.3 Å². The minimum absolute atomic E-state index is 0.304. The molecule has 0 unspecified atom stereocenters. The Hall–Kier alpha value is -1.42. The molecule has 2 N–H and O–H groups in total. The van der Waals surface area contributed by atoms with Crippen molar-refractivity contribution >= 4 is 10.9 Å². The largest absolute Gasteiger partial charge is 0.341 e. The number of nitrogens with zero attached hydrogens (tertiary/aromatic N) is 1. The molecule has 0 saturated carbocycles. The molecule has 0 aliphatic heterocycles. The summed E-state index contributed by atoms with van der Waals surface area (Å²) in [6.07, 6.45) is 0. The van der Waals surface area contributed by atoms with Gasteiger partial charge in [-0.05, 0) is 25.1 Å². The summed E-state index contributed by atoms with van der Waals surface area (Å²) in [5.74, 6) is -0.807. The number of benzene rings is 1. The van der Waals surface area contributed by atoms with Gasteiger partial charge in [0.1, 0.15) is 11.6 Å². The highest BCUT2D eigenvalue weighted by Gasteiger charge is 2.12. The minimum Gasteiger partial charge on any atom is -0.341 e. The van der Waals surface area contributed by atoms with Crippen LogP contribution < -0.4 is 5.73 Å². The van der Waals surface area contributed by atoms with Gasteiger partial charge >= 0.3 is 0 Å². The fourth-order valence-electron chi connectivity index (χ4n) is 1.85. The molecule has 2 nitrogen and oxygen atoms in total.